The van der Waals surface area contributed by atoms with E-state index >= 15 is 0 Å². The van der Waals surface area contributed by atoms with Crippen LogP contribution in [0.2, 0.25) is 5.02 Å². The van der Waals surface area contributed by atoms with Crippen LogP contribution in [-0.4, -0.2) is 29.7 Å². The molecule has 0 radical (unpaired) electrons. The summed E-state index contributed by atoms with van der Waals surface area (Å²) in [5.74, 6) is -0.404. The fraction of sp³-hybridized carbons (Fsp3) is 0.455. The summed E-state index contributed by atoms with van der Waals surface area (Å²) in [7, 11) is 1.86. The zero-order valence-corrected chi connectivity index (χ0v) is 9.63. The van der Waals surface area contributed by atoms with Crippen LogP contribution in [0.3, 0.4) is 0 Å². The smallest absolute Gasteiger partial charge is 0.142 e. The van der Waals surface area contributed by atoms with Gasteiger partial charge >= 0.3 is 0 Å². The molecule has 0 heterocycles. The minimum atomic E-state index is -0.404. The van der Waals surface area contributed by atoms with Crippen LogP contribution in [-0.2, 0) is 6.54 Å². The lowest BCUT2D eigenvalue weighted by Gasteiger charge is -2.23. The van der Waals surface area contributed by atoms with E-state index in [0.29, 0.717) is 6.54 Å². The van der Waals surface area contributed by atoms with Gasteiger partial charge in [0, 0.05) is 12.6 Å². The Morgan fingerprint density at radius 1 is 1.53 bits per heavy atom. The average molecular weight is 232 g/mol. The highest BCUT2D eigenvalue weighted by Gasteiger charge is 2.11. The molecule has 0 aliphatic carbocycles. The zero-order valence-electron chi connectivity index (χ0n) is 8.87. The van der Waals surface area contributed by atoms with Crippen LogP contribution >= 0.6 is 11.6 Å². The van der Waals surface area contributed by atoms with Crippen molar-refractivity contribution in [3.63, 3.8) is 0 Å². The molecule has 0 aliphatic rings. The summed E-state index contributed by atoms with van der Waals surface area (Å²) >= 11 is 5.82. The number of rotatable bonds is 4. The second kappa shape index (κ2) is 5.45. The van der Waals surface area contributed by atoms with Gasteiger partial charge in [-0.1, -0.05) is 23.7 Å². The lowest BCUT2D eigenvalue weighted by Crippen LogP contribution is -2.31. The van der Waals surface area contributed by atoms with E-state index < -0.39 is 5.82 Å². The molecule has 1 aromatic carbocycles. The highest BCUT2D eigenvalue weighted by Crippen LogP contribution is 2.21. The predicted molar refractivity (Wildman–Crippen MR) is 59.4 cm³/mol. The largest absolute Gasteiger partial charge is 0.395 e. The molecule has 84 valence electrons. The molecule has 0 aromatic heterocycles. The van der Waals surface area contributed by atoms with Crippen molar-refractivity contribution in [1.29, 1.82) is 0 Å². The Kier molecular flexibility index (Phi) is 4.51. The SMILES string of the molecule is CC(CO)N(C)Cc1cccc(F)c1Cl. The molecule has 0 fully saturated rings. The van der Waals surface area contributed by atoms with Gasteiger partial charge in [-0.05, 0) is 25.6 Å². The van der Waals surface area contributed by atoms with Gasteiger partial charge in [-0.3, -0.25) is 4.90 Å². The standard InChI is InChI=1S/C11H15ClFNO/c1-8(7-15)14(2)6-9-4-3-5-10(13)11(9)12/h3-5,8,15H,6-7H2,1-2H3. The van der Waals surface area contributed by atoms with Crippen LogP contribution in [0.4, 0.5) is 4.39 Å². The van der Waals surface area contributed by atoms with Gasteiger partial charge < -0.3 is 5.11 Å². The summed E-state index contributed by atoms with van der Waals surface area (Å²) < 4.78 is 13.1. The summed E-state index contributed by atoms with van der Waals surface area (Å²) in [4.78, 5) is 1.92. The number of aliphatic hydroxyl groups excluding tert-OH is 1. The maximum Gasteiger partial charge on any atom is 0.142 e. The number of benzene rings is 1. The maximum absolute atomic E-state index is 13.1. The molecule has 0 spiro atoms. The van der Waals surface area contributed by atoms with Gasteiger partial charge in [0.25, 0.3) is 0 Å². The minimum Gasteiger partial charge on any atom is -0.395 e. The lowest BCUT2D eigenvalue weighted by molar-refractivity contribution is 0.154. The van der Waals surface area contributed by atoms with Crippen molar-refractivity contribution < 1.29 is 9.50 Å². The fourth-order valence-electron chi connectivity index (χ4n) is 1.23. The second-order valence-corrected chi connectivity index (χ2v) is 4.04. The van der Waals surface area contributed by atoms with Crippen molar-refractivity contribution in [2.24, 2.45) is 0 Å². The van der Waals surface area contributed by atoms with Crippen molar-refractivity contribution in [3.8, 4) is 0 Å². The molecule has 0 aliphatic heterocycles. The van der Waals surface area contributed by atoms with Crippen LogP contribution in [0.1, 0.15) is 12.5 Å². The summed E-state index contributed by atoms with van der Waals surface area (Å²) in [5, 5.41) is 9.12. The molecule has 15 heavy (non-hydrogen) atoms. The van der Waals surface area contributed by atoms with Crippen molar-refractivity contribution >= 4 is 11.6 Å². The Bertz CT molecular complexity index is 332. The van der Waals surface area contributed by atoms with E-state index in [1.54, 1.807) is 12.1 Å². The molecule has 4 heteroatoms. The summed E-state index contributed by atoms with van der Waals surface area (Å²) in [5.41, 5.74) is 0.736. The molecule has 0 saturated carbocycles. The third kappa shape index (κ3) is 3.16. The Labute approximate surface area is 94.3 Å². The number of hydrogen-bond donors (Lipinski definition) is 1. The van der Waals surface area contributed by atoms with Gasteiger partial charge in [0.2, 0.25) is 0 Å². The number of aliphatic hydroxyl groups is 1. The first kappa shape index (κ1) is 12.4. The molecular weight excluding hydrogens is 217 g/mol. The van der Waals surface area contributed by atoms with E-state index in [4.69, 9.17) is 16.7 Å². The highest BCUT2D eigenvalue weighted by atomic mass is 35.5. The Balaban J connectivity index is 2.76. The predicted octanol–water partition coefficient (Wildman–Crippen LogP) is 2.29. The van der Waals surface area contributed by atoms with E-state index in [1.807, 2.05) is 18.9 Å². The highest BCUT2D eigenvalue weighted by molar-refractivity contribution is 6.31. The number of halogens is 2. The number of likely N-dealkylation sites (N-methyl/N-ethyl adjacent to an activating group) is 1. The first-order valence-corrected chi connectivity index (χ1v) is 5.18. The minimum absolute atomic E-state index is 0.0318. The van der Waals surface area contributed by atoms with Gasteiger partial charge in [0.15, 0.2) is 0 Å². The first-order chi connectivity index (χ1) is 7.06. The third-order valence-corrected chi connectivity index (χ3v) is 2.89. The molecule has 1 unspecified atom stereocenters. The molecule has 1 atom stereocenters. The van der Waals surface area contributed by atoms with Gasteiger partial charge in [-0.15, -0.1) is 0 Å². The van der Waals surface area contributed by atoms with Crippen LogP contribution in [0.5, 0.6) is 0 Å². The summed E-state index contributed by atoms with van der Waals surface area (Å²) in [6.45, 7) is 2.49. The van der Waals surface area contributed by atoms with Crippen molar-refractivity contribution in [3.05, 3.63) is 34.6 Å². The Morgan fingerprint density at radius 3 is 2.80 bits per heavy atom. The molecule has 1 N–H and O–H groups in total. The van der Waals surface area contributed by atoms with Crippen LogP contribution in [0.15, 0.2) is 18.2 Å². The van der Waals surface area contributed by atoms with E-state index in [-0.39, 0.29) is 17.7 Å². The molecule has 0 saturated heterocycles. The van der Waals surface area contributed by atoms with Crippen molar-refractivity contribution in [1.82, 2.24) is 4.90 Å². The molecule has 0 amide bonds. The average Bonchev–Trinajstić information content (AvgIpc) is 2.23. The summed E-state index contributed by atoms with van der Waals surface area (Å²) in [6.07, 6.45) is 0. The Morgan fingerprint density at radius 2 is 2.20 bits per heavy atom. The van der Waals surface area contributed by atoms with Gasteiger partial charge in [0.05, 0.1) is 11.6 Å². The van der Waals surface area contributed by atoms with Gasteiger partial charge in [-0.2, -0.15) is 0 Å². The maximum atomic E-state index is 13.1. The number of hydrogen-bond acceptors (Lipinski definition) is 2. The zero-order chi connectivity index (χ0) is 11.4. The summed E-state index contributed by atoms with van der Waals surface area (Å²) in [6, 6.07) is 4.78. The lowest BCUT2D eigenvalue weighted by atomic mass is 10.2. The second-order valence-electron chi connectivity index (χ2n) is 3.66. The monoisotopic (exact) mass is 231 g/mol. The van der Waals surface area contributed by atoms with E-state index in [0.717, 1.165) is 5.56 Å². The first-order valence-electron chi connectivity index (χ1n) is 4.80. The van der Waals surface area contributed by atoms with Gasteiger partial charge in [-0.25, -0.2) is 4.39 Å². The Hall–Kier alpha value is -0.640. The fourth-order valence-corrected chi connectivity index (χ4v) is 1.42. The van der Waals surface area contributed by atoms with E-state index in [1.165, 1.54) is 6.07 Å². The van der Waals surface area contributed by atoms with E-state index in [9.17, 15) is 4.39 Å². The van der Waals surface area contributed by atoms with Crippen LogP contribution < -0.4 is 0 Å². The molecule has 1 aromatic rings. The molecular formula is C11H15ClFNO. The third-order valence-electron chi connectivity index (χ3n) is 2.47. The van der Waals surface area contributed by atoms with Gasteiger partial charge in [0.1, 0.15) is 5.82 Å². The van der Waals surface area contributed by atoms with E-state index in [2.05, 4.69) is 0 Å². The quantitative estimate of drug-likeness (QED) is 0.860. The normalized spacial score (nSPS) is 13.2. The molecule has 1 rings (SSSR count). The molecule has 2 nitrogen and oxygen atoms in total. The van der Waals surface area contributed by atoms with Crippen molar-refractivity contribution in [2.45, 2.75) is 19.5 Å². The van der Waals surface area contributed by atoms with Crippen molar-refractivity contribution in [2.75, 3.05) is 13.7 Å². The topological polar surface area (TPSA) is 23.5 Å². The number of nitrogens with zero attached hydrogens (tertiary/aromatic N) is 1. The molecule has 0 bridgehead atoms. The van der Waals surface area contributed by atoms with Crippen LogP contribution in [0.25, 0.3) is 0 Å². The van der Waals surface area contributed by atoms with Crippen LogP contribution in [0, 0.1) is 5.82 Å².